The van der Waals surface area contributed by atoms with Crippen molar-refractivity contribution < 1.29 is 14.3 Å². The van der Waals surface area contributed by atoms with E-state index in [0.717, 1.165) is 54.1 Å². The smallest absolute Gasteiger partial charge is 0.228 e. The molecule has 1 saturated heterocycles. The Balaban J connectivity index is 1.19. The Morgan fingerprint density at radius 3 is 2.10 bits per heavy atom. The minimum atomic E-state index is -0.134. The SMILES string of the molecule is CC(C)NC(=O)C(c1ccccc1)C1CCN(c2ccc(CC(=O)c3ccccc3COc3ccccc3)cc2)CC1. The van der Waals surface area contributed by atoms with E-state index in [-0.39, 0.29) is 23.7 Å². The van der Waals surface area contributed by atoms with Gasteiger partial charge in [-0.1, -0.05) is 84.9 Å². The van der Waals surface area contributed by atoms with E-state index in [4.69, 9.17) is 4.74 Å². The van der Waals surface area contributed by atoms with Gasteiger partial charge in [0.05, 0.1) is 5.92 Å². The molecule has 1 atom stereocenters. The van der Waals surface area contributed by atoms with Gasteiger partial charge < -0.3 is 15.0 Å². The highest BCUT2D eigenvalue weighted by Gasteiger charge is 2.33. The first-order chi connectivity index (χ1) is 20.5. The van der Waals surface area contributed by atoms with Crippen molar-refractivity contribution in [3.63, 3.8) is 0 Å². The van der Waals surface area contributed by atoms with Gasteiger partial charge in [0.1, 0.15) is 12.4 Å². The van der Waals surface area contributed by atoms with Crippen molar-refractivity contribution in [3.8, 4) is 5.75 Å². The number of amides is 1. The molecular weight excluding hydrogens is 520 g/mol. The van der Waals surface area contributed by atoms with Crippen LogP contribution in [-0.4, -0.2) is 30.8 Å². The van der Waals surface area contributed by atoms with Crippen LogP contribution in [0.2, 0.25) is 0 Å². The van der Waals surface area contributed by atoms with Crippen LogP contribution in [0.1, 0.15) is 59.7 Å². The quantitative estimate of drug-likeness (QED) is 0.197. The van der Waals surface area contributed by atoms with Crippen LogP contribution in [0.25, 0.3) is 0 Å². The van der Waals surface area contributed by atoms with Gasteiger partial charge in [-0.3, -0.25) is 9.59 Å². The number of anilines is 1. The maximum Gasteiger partial charge on any atom is 0.228 e. The zero-order valence-corrected chi connectivity index (χ0v) is 24.5. The van der Waals surface area contributed by atoms with Crippen molar-refractivity contribution in [2.75, 3.05) is 18.0 Å². The molecule has 1 heterocycles. The number of nitrogens with one attached hydrogen (secondary N) is 1. The number of benzene rings is 4. The summed E-state index contributed by atoms with van der Waals surface area (Å²) in [4.78, 5) is 28.9. The van der Waals surface area contributed by atoms with Crippen molar-refractivity contribution >= 4 is 17.4 Å². The van der Waals surface area contributed by atoms with Crippen molar-refractivity contribution in [1.29, 1.82) is 0 Å². The minimum Gasteiger partial charge on any atom is -0.489 e. The fourth-order valence-corrected chi connectivity index (χ4v) is 5.86. The van der Waals surface area contributed by atoms with E-state index in [1.54, 1.807) is 0 Å². The molecule has 0 radical (unpaired) electrons. The number of hydrogen-bond donors (Lipinski definition) is 1. The Kier molecular flexibility index (Phi) is 9.70. The van der Waals surface area contributed by atoms with Gasteiger partial charge in [0, 0.05) is 42.4 Å². The third-order valence-electron chi connectivity index (χ3n) is 8.00. The van der Waals surface area contributed by atoms with Crippen LogP contribution in [0.4, 0.5) is 5.69 Å². The van der Waals surface area contributed by atoms with Gasteiger partial charge in [0.2, 0.25) is 5.91 Å². The number of Topliss-reactive ketones (excluding diaryl/α,β-unsaturated/α-hetero) is 1. The second-order valence-electron chi connectivity index (χ2n) is 11.4. The monoisotopic (exact) mass is 560 g/mol. The number of piperidine rings is 1. The molecule has 0 saturated carbocycles. The zero-order valence-electron chi connectivity index (χ0n) is 24.5. The Morgan fingerprint density at radius 2 is 1.43 bits per heavy atom. The van der Waals surface area contributed by atoms with Crippen LogP contribution in [0.3, 0.4) is 0 Å². The number of para-hydroxylation sites is 1. The van der Waals surface area contributed by atoms with E-state index < -0.39 is 0 Å². The van der Waals surface area contributed by atoms with Crippen molar-refractivity contribution in [3.05, 3.63) is 131 Å². The number of rotatable bonds is 11. The van der Waals surface area contributed by atoms with Gasteiger partial charge in [-0.25, -0.2) is 0 Å². The maximum absolute atomic E-state index is 13.3. The molecule has 4 aromatic rings. The average molecular weight is 561 g/mol. The summed E-state index contributed by atoms with van der Waals surface area (Å²) in [6.45, 7) is 6.18. The van der Waals surface area contributed by atoms with Crippen LogP contribution in [-0.2, 0) is 17.8 Å². The van der Waals surface area contributed by atoms with Gasteiger partial charge in [-0.05, 0) is 68.0 Å². The standard InChI is InChI=1S/C37H40N2O3/c1-27(2)38-37(41)36(29-11-5-3-6-12-29)30-21-23-39(24-22-30)32-19-17-28(18-20-32)25-35(40)34-16-10-9-13-31(34)26-42-33-14-7-4-8-15-33/h3-20,27,30,36H,21-26H2,1-2H3,(H,38,41). The van der Waals surface area contributed by atoms with E-state index in [0.29, 0.717) is 24.5 Å². The molecule has 1 aliphatic heterocycles. The first kappa shape index (κ1) is 29.1. The van der Waals surface area contributed by atoms with Gasteiger partial charge in [-0.15, -0.1) is 0 Å². The van der Waals surface area contributed by atoms with E-state index in [1.165, 1.54) is 0 Å². The molecule has 4 aromatic carbocycles. The van der Waals surface area contributed by atoms with Crippen LogP contribution < -0.4 is 15.0 Å². The number of carbonyl (C=O) groups excluding carboxylic acids is 2. The molecule has 5 rings (SSSR count). The Hall–Kier alpha value is -4.38. The summed E-state index contributed by atoms with van der Waals surface area (Å²) in [6, 6.07) is 36.0. The maximum atomic E-state index is 13.3. The van der Waals surface area contributed by atoms with Gasteiger partial charge in [0.15, 0.2) is 5.78 Å². The Labute approximate surface area is 249 Å². The third-order valence-corrected chi connectivity index (χ3v) is 8.00. The molecular formula is C37H40N2O3. The fourth-order valence-electron chi connectivity index (χ4n) is 5.86. The highest BCUT2D eigenvalue weighted by atomic mass is 16.5. The predicted octanol–water partition coefficient (Wildman–Crippen LogP) is 7.22. The second-order valence-corrected chi connectivity index (χ2v) is 11.4. The molecule has 1 aliphatic rings. The zero-order chi connectivity index (χ0) is 29.3. The molecule has 0 bridgehead atoms. The highest BCUT2D eigenvalue weighted by Crippen LogP contribution is 2.34. The van der Waals surface area contributed by atoms with Gasteiger partial charge in [-0.2, -0.15) is 0 Å². The third kappa shape index (κ3) is 7.47. The summed E-state index contributed by atoms with van der Waals surface area (Å²) in [5.41, 5.74) is 4.84. The van der Waals surface area contributed by atoms with Crippen molar-refractivity contribution in [2.45, 2.75) is 51.7 Å². The largest absolute Gasteiger partial charge is 0.489 e. The van der Waals surface area contributed by atoms with Crippen LogP contribution in [0.5, 0.6) is 5.75 Å². The summed E-state index contributed by atoms with van der Waals surface area (Å²) in [7, 11) is 0. The number of ketones is 1. The van der Waals surface area contributed by atoms with Crippen LogP contribution in [0.15, 0.2) is 109 Å². The molecule has 1 fully saturated rings. The minimum absolute atomic E-state index is 0.0856. The number of nitrogens with zero attached hydrogens (tertiary/aromatic N) is 1. The molecule has 1 unspecified atom stereocenters. The lowest BCUT2D eigenvalue weighted by Crippen LogP contribution is -2.42. The lowest BCUT2D eigenvalue weighted by Gasteiger charge is -2.37. The fraction of sp³-hybridized carbons (Fsp3) is 0.297. The highest BCUT2D eigenvalue weighted by molar-refractivity contribution is 5.98. The van der Waals surface area contributed by atoms with Crippen LogP contribution in [0, 0.1) is 5.92 Å². The molecule has 42 heavy (non-hydrogen) atoms. The number of hydrogen-bond acceptors (Lipinski definition) is 4. The van der Waals surface area contributed by atoms with Gasteiger partial charge >= 0.3 is 0 Å². The summed E-state index contributed by atoms with van der Waals surface area (Å²) in [6.07, 6.45) is 2.24. The summed E-state index contributed by atoms with van der Waals surface area (Å²) >= 11 is 0. The molecule has 1 amide bonds. The van der Waals surface area contributed by atoms with E-state index in [9.17, 15) is 9.59 Å². The molecule has 0 aliphatic carbocycles. The van der Waals surface area contributed by atoms with Crippen LogP contribution >= 0.6 is 0 Å². The lowest BCUT2D eigenvalue weighted by molar-refractivity contribution is -0.124. The van der Waals surface area contributed by atoms with E-state index in [2.05, 4.69) is 46.6 Å². The lowest BCUT2D eigenvalue weighted by atomic mass is 9.79. The molecule has 0 spiro atoms. The first-order valence-electron chi connectivity index (χ1n) is 15.0. The molecule has 5 nitrogen and oxygen atoms in total. The molecule has 216 valence electrons. The normalized spacial score (nSPS) is 14.4. The molecule has 0 aromatic heterocycles. The second kappa shape index (κ2) is 14.0. The summed E-state index contributed by atoms with van der Waals surface area (Å²) in [5.74, 6) is 1.16. The molecule has 5 heteroatoms. The number of ether oxygens (including phenoxy) is 1. The average Bonchev–Trinajstić information content (AvgIpc) is 3.02. The number of carbonyl (C=O) groups is 2. The first-order valence-corrected chi connectivity index (χ1v) is 15.0. The summed E-state index contributed by atoms with van der Waals surface area (Å²) < 4.78 is 5.91. The van der Waals surface area contributed by atoms with E-state index in [1.807, 2.05) is 86.6 Å². The van der Waals surface area contributed by atoms with Crippen molar-refractivity contribution in [1.82, 2.24) is 5.32 Å². The van der Waals surface area contributed by atoms with E-state index >= 15 is 0 Å². The molecule has 1 N–H and O–H groups in total. The van der Waals surface area contributed by atoms with Crippen molar-refractivity contribution in [2.24, 2.45) is 5.92 Å². The summed E-state index contributed by atoms with van der Waals surface area (Å²) in [5, 5.41) is 3.15. The Morgan fingerprint density at radius 1 is 0.810 bits per heavy atom. The predicted molar refractivity (Wildman–Crippen MR) is 169 cm³/mol. The van der Waals surface area contributed by atoms with Gasteiger partial charge in [0.25, 0.3) is 0 Å². The Bertz CT molecular complexity index is 1440. The topological polar surface area (TPSA) is 58.6 Å².